The van der Waals surface area contributed by atoms with Crippen LogP contribution in [0.15, 0.2) is 18.2 Å². The van der Waals surface area contributed by atoms with E-state index in [0.29, 0.717) is 12.5 Å². The molecule has 1 aromatic rings. The van der Waals surface area contributed by atoms with E-state index in [0.717, 1.165) is 18.4 Å². The number of hydrogen-bond acceptors (Lipinski definition) is 3. The van der Waals surface area contributed by atoms with Crippen LogP contribution in [0, 0.1) is 11.6 Å². The van der Waals surface area contributed by atoms with Gasteiger partial charge in [0.1, 0.15) is 11.6 Å². The molecule has 1 atom stereocenters. The van der Waals surface area contributed by atoms with Gasteiger partial charge in [0.25, 0.3) is 0 Å². The molecule has 1 N–H and O–H groups in total. The van der Waals surface area contributed by atoms with Crippen LogP contribution >= 0.6 is 0 Å². The second-order valence-electron chi connectivity index (χ2n) is 5.05. The topological polar surface area (TPSA) is 66.5 Å². The highest BCUT2D eigenvalue weighted by molar-refractivity contribution is 7.88. The Kier molecular flexibility index (Phi) is 6.43. The fourth-order valence-corrected chi connectivity index (χ4v) is 3.16. The van der Waals surface area contributed by atoms with E-state index in [2.05, 4.69) is 5.32 Å². The first-order valence-corrected chi connectivity index (χ1v) is 8.71. The van der Waals surface area contributed by atoms with E-state index in [1.165, 1.54) is 4.31 Å². The van der Waals surface area contributed by atoms with Crippen LogP contribution < -0.4 is 5.32 Å². The molecule has 0 aliphatic carbocycles. The second-order valence-corrected chi connectivity index (χ2v) is 6.99. The first-order chi connectivity index (χ1) is 10.1. The van der Waals surface area contributed by atoms with Crippen LogP contribution in [-0.2, 0) is 14.8 Å². The van der Waals surface area contributed by atoms with Gasteiger partial charge >= 0.3 is 0 Å². The minimum absolute atomic E-state index is 0.00247. The molecule has 0 bridgehead atoms. The van der Waals surface area contributed by atoms with E-state index in [4.69, 9.17) is 0 Å². The van der Waals surface area contributed by atoms with Gasteiger partial charge in [0.15, 0.2) is 0 Å². The van der Waals surface area contributed by atoms with Crippen LogP contribution in [-0.4, -0.2) is 37.5 Å². The average molecular weight is 334 g/mol. The summed E-state index contributed by atoms with van der Waals surface area (Å²) in [6.45, 7) is 3.60. The van der Waals surface area contributed by atoms with Crippen LogP contribution in [0.1, 0.15) is 26.7 Å². The van der Waals surface area contributed by atoms with Crippen molar-refractivity contribution in [2.75, 3.05) is 18.1 Å². The normalized spacial score (nSPS) is 13.2. The van der Waals surface area contributed by atoms with Gasteiger partial charge in [-0.1, -0.05) is 6.92 Å². The first-order valence-electron chi connectivity index (χ1n) is 6.86. The maximum Gasteiger partial charge on any atom is 0.225 e. The zero-order chi connectivity index (χ0) is 16.9. The molecule has 0 fully saturated rings. The molecule has 1 rings (SSSR count). The molecule has 0 aromatic heterocycles. The van der Waals surface area contributed by atoms with Gasteiger partial charge in [-0.3, -0.25) is 4.79 Å². The monoisotopic (exact) mass is 334 g/mol. The molecule has 124 valence electrons. The number of rotatable bonds is 7. The third-order valence-corrected chi connectivity index (χ3v) is 4.67. The fourth-order valence-electron chi connectivity index (χ4n) is 1.93. The average Bonchev–Trinajstić information content (AvgIpc) is 2.40. The first kappa shape index (κ1) is 18.5. The third kappa shape index (κ3) is 5.34. The number of anilines is 1. The van der Waals surface area contributed by atoms with Gasteiger partial charge in [-0.2, -0.15) is 4.31 Å². The fraction of sp³-hybridized carbons (Fsp3) is 0.500. The Labute approximate surface area is 129 Å². The summed E-state index contributed by atoms with van der Waals surface area (Å²) in [5.74, 6) is -2.16. The highest BCUT2D eigenvalue weighted by Gasteiger charge is 2.22. The summed E-state index contributed by atoms with van der Waals surface area (Å²) < 4.78 is 50.8. The van der Waals surface area contributed by atoms with Crippen molar-refractivity contribution in [2.24, 2.45) is 0 Å². The summed E-state index contributed by atoms with van der Waals surface area (Å²) >= 11 is 0. The van der Waals surface area contributed by atoms with Crippen molar-refractivity contribution in [1.29, 1.82) is 0 Å². The molecule has 0 spiro atoms. The Morgan fingerprint density at radius 3 is 2.50 bits per heavy atom. The van der Waals surface area contributed by atoms with Crippen molar-refractivity contribution in [2.45, 2.75) is 32.7 Å². The number of nitrogens with one attached hydrogen (secondary N) is 1. The summed E-state index contributed by atoms with van der Waals surface area (Å²) in [5.41, 5.74) is -0.138. The lowest BCUT2D eigenvalue weighted by molar-refractivity contribution is -0.116. The molecule has 0 saturated carbocycles. The Hall–Kier alpha value is -1.54. The lowest BCUT2D eigenvalue weighted by Crippen LogP contribution is -2.39. The van der Waals surface area contributed by atoms with Gasteiger partial charge < -0.3 is 5.32 Å². The number of amides is 1. The van der Waals surface area contributed by atoms with Gasteiger partial charge in [-0.05, 0) is 25.5 Å². The highest BCUT2D eigenvalue weighted by Crippen LogP contribution is 2.16. The van der Waals surface area contributed by atoms with Crippen LogP contribution in [0.5, 0.6) is 0 Å². The molecule has 1 amide bonds. The minimum atomic E-state index is -3.43. The Balaban J connectivity index is 2.68. The summed E-state index contributed by atoms with van der Waals surface area (Å²) in [4.78, 5) is 11.8. The zero-order valence-electron chi connectivity index (χ0n) is 12.8. The van der Waals surface area contributed by atoms with Gasteiger partial charge in [0, 0.05) is 25.1 Å². The quantitative estimate of drug-likeness (QED) is 0.832. The predicted molar refractivity (Wildman–Crippen MR) is 80.9 cm³/mol. The molecule has 0 heterocycles. The molecule has 0 saturated heterocycles. The van der Waals surface area contributed by atoms with Gasteiger partial charge in [0.2, 0.25) is 15.9 Å². The van der Waals surface area contributed by atoms with Gasteiger partial charge in [0.05, 0.1) is 11.9 Å². The lowest BCUT2D eigenvalue weighted by Gasteiger charge is -2.25. The number of carbonyl (C=O) groups is 1. The molecule has 1 aromatic carbocycles. The van der Waals surface area contributed by atoms with E-state index in [-0.39, 0.29) is 24.7 Å². The minimum Gasteiger partial charge on any atom is -0.324 e. The maximum absolute atomic E-state index is 13.4. The van der Waals surface area contributed by atoms with E-state index >= 15 is 0 Å². The summed E-state index contributed by atoms with van der Waals surface area (Å²) in [5, 5.41) is 2.30. The highest BCUT2D eigenvalue weighted by atomic mass is 32.2. The largest absolute Gasteiger partial charge is 0.324 e. The number of benzene rings is 1. The molecule has 1 unspecified atom stereocenters. The maximum atomic E-state index is 13.4. The Bertz CT molecular complexity index is 635. The van der Waals surface area contributed by atoms with Crippen molar-refractivity contribution in [3.63, 3.8) is 0 Å². The van der Waals surface area contributed by atoms with Gasteiger partial charge in [-0.25, -0.2) is 17.2 Å². The van der Waals surface area contributed by atoms with Crippen LogP contribution in [0.3, 0.4) is 0 Å². The number of nitrogens with zero attached hydrogens (tertiary/aromatic N) is 1. The van der Waals surface area contributed by atoms with Crippen LogP contribution in [0.25, 0.3) is 0 Å². The Morgan fingerprint density at radius 1 is 1.36 bits per heavy atom. The van der Waals surface area contributed by atoms with E-state index in [1.807, 2.05) is 6.92 Å². The van der Waals surface area contributed by atoms with Gasteiger partial charge in [-0.15, -0.1) is 0 Å². The van der Waals surface area contributed by atoms with Crippen molar-refractivity contribution in [1.82, 2.24) is 4.31 Å². The number of carbonyl (C=O) groups excluding carboxylic acids is 1. The van der Waals surface area contributed by atoms with E-state index in [9.17, 15) is 22.0 Å². The smallest absolute Gasteiger partial charge is 0.225 e. The molecule has 0 aliphatic rings. The summed E-state index contributed by atoms with van der Waals surface area (Å²) in [6, 6.07) is 2.58. The van der Waals surface area contributed by atoms with Crippen LogP contribution in [0.2, 0.25) is 0 Å². The molecule has 22 heavy (non-hydrogen) atoms. The summed E-state index contributed by atoms with van der Waals surface area (Å²) in [7, 11) is -3.43. The van der Waals surface area contributed by atoms with Crippen molar-refractivity contribution in [3.8, 4) is 0 Å². The molecule has 0 aliphatic heterocycles. The predicted octanol–water partition coefficient (Wildman–Crippen LogP) is 2.35. The molecular formula is C14H20F2N2O3S. The van der Waals surface area contributed by atoms with Crippen molar-refractivity contribution >= 4 is 21.6 Å². The standard InChI is InChI=1S/C14H20F2N2O3S/c1-4-10(2)18(22(3,20)21)8-7-14(19)17-13-6-5-11(15)9-12(13)16/h5-6,9-10H,4,7-8H2,1-3H3,(H,17,19). The summed E-state index contributed by atoms with van der Waals surface area (Å²) in [6.07, 6.45) is 1.58. The Morgan fingerprint density at radius 2 is 2.00 bits per heavy atom. The van der Waals surface area contributed by atoms with E-state index < -0.39 is 27.6 Å². The molecule has 8 heteroatoms. The molecule has 0 radical (unpaired) electrons. The molecular weight excluding hydrogens is 314 g/mol. The number of sulfonamides is 1. The number of hydrogen-bond donors (Lipinski definition) is 1. The zero-order valence-corrected chi connectivity index (χ0v) is 13.6. The second kappa shape index (κ2) is 7.64. The van der Waals surface area contributed by atoms with Crippen molar-refractivity contribution < 1.29 is 22.0 Å². The van der Waals surface area contributed by atoms with Crippen LogP contribution in [0.4, 0.5) is 14.5 Å². The van der Waals surface area contributed by atoms with E-state index in [1.54, 1.807) is 6.92 Å². The van der Waals surface area contributed by atoms with Crippen molar-refractivity contribution in [3.05, 3.63) is 29.8 Å². The number of halogens is 2. The molecule has 5 nitrogen and oxygen atoms in total. The lowest BCUT2D eigenvalue weighted by atomic mass is 10.2. The SMILES string of the molecule is CCC(C)N(CCC(=O)Nc1ccc(F)cc1F)S(C)(=O)=O. The third-order valence-electron chi connectivity index (χ3n) is 3.27.